The summed E-state index contributed by atoms with van der Waals surface area (Å²) in [7, 11) is 0. The topological polar surface area (TPSA) is 80.8 Å². The van der Waals surface area contributed by atoms with E-state index >= 15 is 0 Å². The van der Waals surface area contributed by atoms with Crippen molar-refractivity contribution in [2.24, 2.45) is 23.7 Å². The minimum atomic E-state index is -0.596. The first-order valence-corrected chi connectivity index (χ1v) is 11.1. The van der Waals surface area contributed by atoms with E-state index in [1.54, 1.807) is 30.3 Å². The van der Waals surface area contributed by atoms with E-state index in [0.717, 1.165) is 6.42 Å². The van der Waals surface area contributed by atoms with E-state index in [0.29, 0.717) is 5.56 Å². The molecule has 1 heterocycles. The largest absolute Gasteiger partial charge is 0.457 e. The third-order valence-corrected chi connectivity index (χ3v) is 9.28. The standard InChI is InChI=1S/C20H19Br2NO5/c21-17-11-8-12(18(17)22)16-15(11)19(26)23(20(16)27)7-6-14(25)28-9-13(24)10-4-2-1-3-5-10/h1-5,11-12,15-18H,6-9H2/t11-,12+,15-,16-,17+,18-/m0/s1. The summed E-state index contributed by atoms with van der Waals surface area (Å²) >= 11 is 7.29. The molecular formula is C20H19Br2NO5. The van der Waals surface area contributed by atoms with Crippen molar-refractivity contribution in [2.75, 3.05) is 13.2 Å². The molecule has 1 aromatic carbocycles. The lowest BCUT2D eigenvalue weighted by molar-refractivity contribution is -0.145. The number of carbonyl (C=O) groups is 4. The highest BCUT2D eigenvalue weighted by atomic mass is 79.9. The van der Waals surface area contributed by atoms with Crippen LogP contribution in [0.3, 0.4) is 0 Å². The zero-order valence-electron chi connectivity index (χ0n) is 14.9. The molecule has 2 saturated carbocycles. The molecule has 0 N–H and O–H groups in total. The van der Waals surface area contributed by atoms with Gasteiger partial charge in [0.05, 0.1) is 18.3 Å². The first kappa shape index (κ1) is 19.8. The number of hydrogen-bond acceptors (Lipinski definition) is 5. The van der Waals surface area contributed by atoms with Gasteiger partial charge in [-0.25, -0.2) is 0 Å². The Morgan fingerprint density at radius 2 is 1.57 bits per heavy atom. The van der Waals surface area contributed by atoms with Crippen molar-refractivity contribution >= 4 is 55.4 Å². The second-order valence-electron chi connectivity index (χ2n) is 7.53. The molecule has 2 bridgehead atoms. The highest BCUT2D eigenvalue weighted by Gasteiger charge is 2.66. The van der Waals surface area contributed by atoms with Crippen LogP contribution in [0.1, 0.15) is 23.2 Å². The minimum Gasteiger partial charge on any atom is -0.457 e. The fourth-order valence-electron chi connectivity index (χ4n) is 4.76. The predicted octanol–water partition coefficient (Wildman–Crippen LogP) is 2.58. The summed E-state index contributed by atoms with van der Waals surface area (Å²) in [5, 5.41) is 0. The van der Waals surface area contributed by atoms with Gasteiger partial charge in [0.2, 0.25) is 11.8 Å². The van der Waals surface area contributed by atoms with Crippen molar-refractivity contribution in [1.82, 2.24) is 4.90 Å². The van der Waals surface area contributed by atoms with E-state index in [2.05, 4.69) is 31.9 Å². The number of hydrogen-bond donors (Lipinski definition) is 0. The Balaban J connectivity index is 1.31. The number of likely N-dealkylation sites (tertiary alicyclic amines) is 1. The van der Waals surface area contributed by atoms with Gasteiger partial charge in [-0.2, -0.15) is 0 Å². The molecule has 148 valence electrons. The van der Waals surface area contributed by atoms with Crippen LogP contribution in [-0.4, -0.2) is 51.3 Å². The molecule has 2 amide bonds. The molecule has 0 aromatic heterocycles. The lowest BCUT2D eigenvalue weighted by atomic mass is 9.81. The van der Waals surface area contributed by atoms with E-state index in [4.69, 9.17) is 4.74 Å². The monoisotopic (exact) mass is 511 g/mol. The number of fused-ring (bicyclic) bond motifs is 5. The molecular weight excluding hydrogens is 494 g/mol. The van der Waals surface area contributed by atoms with Crippen LogP contribution in [0, 0.1) is 23.7 Å². The summed E-state index contributed by atoms with van der Waals surface area (Å²) in [4.78, 5) is 51.1. The Bertz CT molecular complexity index is 797. The fraction of sp³-hybridized carbons (Fsp3) is 0.500. The fourth-order valence-corrected chi connectivity index (χ4v) is 6.63. The zero-order valence-corrected chi connectivity index (χ0v) is 18.1. The Hall–Kier alpha value is -1.54. The molecule has 0 spiro atoms. The van der Waals surface area contributed by atoms with Crippen molar-refractivity contribution in [1.29, 1.82) is 0 Å². The first-order valence-electron chi connectivity index (χ1n) is 9.27. The number of imide groups is 1. The predicted molar refractivity (Wildman–Crippen MR) is 107 cm³/mol. The number of halogens is 2. The van der Waals surface area contributed by atoms with Crippen molar-refractivity contribution in [3.8, 4) is 0 Å². The van der Waals surface area contributed by atoms with Gasteiger partial charge < -0.3 is 4.74 Å². The summed E-state index contributed by atoms with van der Waals surface area (Å²) in [5.41, 5.74) is 0.470. The highest BCUT2D eigenvalue weighted by molar-refractivity contribution is 9.12. The van der Waals surface area contributed by atoms with Crippen molar-refractivity contribution in [3.63, 3.8) is 0 Å². The number of amides is 2. The van der Waals surface area contributed by atoms with Crippen molar-refractivity contribution in [3.05, 3.63) is 35.9 Å². The molecule has 28 heavy (non-hydrogen) atoms. The number of ketones is 1. The van der Waals surface area contributed by atoms with Crippen LogP contribution in [-0.2, 0) is 19.1 Å². The summed E-state index contributed by atoms with van der Waals surface area (Å²) in [5.74, 6) is -1.52. The number of benzene rings is 1. The molecule has 0 unspecified atom stereocenters. The Morgan fingerprint density at radius 3 is 2.14 bits per heavy atom. The van der Waals surface area contributed by atoms with Gasteiger partial charge in [0.25, 0.3) is 0 Å². The van der Waals surface area contributed by atoms with E-state index in [9.17, 15) is 19.2 Å². The van der Waals surface area contributed by atoms with Crippen LogP contribution in [0.15, 0.2) is 30.3 Å². The van der Waals surface area contributed by atoms with Crippen LogP contribution in [0.5, 0.6) is 0 Å². The van der Waals surface area contributed by atoms with Gasteiger partial charge in [0, 0.05) is 21.8 Å². The number of nitrogens with zero attached hydrogens (tertiary/aromatic N) is 1. The molecule has 3 fully saturated rings. The Morgan fingerprint density at radius 1 is 1.00 bits per heavy atom. The molecule has 6 nitrogen and oxygen atoms in total. The van der Waals surface area contributed by atoms with Gasteiger partial charge >= 0.3 is 5.97 Å². The molecule has 3 aliphatic rings. The molecule has 4 rings (SSSR count). The quantitative estimate of drug-likeness (QED) is 0.253. The summed E-state index contributed by atoms with van der Waals surface area (Å²) in [6.07, 6.45) is 0.764. The van der Waals surface area contributed by atoms with Gasteiger partial charge in [0.1, 0.15) is 0 Å². The molecule has 8 heteroatoms. The van der Waals surface area contributed by atoms with E-state index in [1.807, 2.05) is 0 Å². The van der Waals surface area contributed by atoms with Crippen LogP contribution < -0.4 is 0 Å². The number of carbonyl (C=O) groups excluding carboxylic acids is 4. The smallest absolute Gasteiger partial charge is 0.308 e. The van der Waals surface area contributed by atoms with Gasteiger partial charge in [-0.1, -0.05) is 62.2 Å². The van der Waals surface area contributed by atoms with Crippen LogP contribution >= 0.6 is 31.9 Å². The molecule has 6 atom stereocenters. The van der Waals surface area contributed by atoms with Crippen molar-refractivity contribution in [2.45, 2.75) is 22.5 Å². The summed E-state index contributed by atoms with van der Waals surface area (Å²) in [6.45, 7) is -0.348. The zero-order chi connectivity index (χ0) is 20.0. The maximum atomic E-state index is 12.8. The van der Waals surface area contributed by atoms with Gasteiger partial charge in [-0.3, -0.25) is 24.1 Å². The summed E-state index contributed by atoms with van der Waals surface area (Å²) in [6, 6.07) is 8.57. The average Bonchev–Trinajstić information content (AvgIpc) is 3.30. The molecule has 1 aromatic rings. The molecule has 0 radical (unpaired) electrons. The van der Waals surface area contributed by atoms with Gasteiger partial charge in [-0.05, 0) is 18.3 Å². The van der Waals surface area contributed by atoms with E-state index < -0.39 is 5.97 Å². The second-order valence-corrected chi connectivity index (χ2v) is 9.65. The highest BCUT2D eigenvalue weighted by Crippen LogP contribution is 2.60. The maximum Gasteiger partial charge on any atom is 0.308 e. The average molecular weight is 513 g/mol. The number of alkyl halides is 2. The molecule has 1 saturated heterocycles. The number of ether oxygens (including phenoxy) is 1. The SMILES string of the molecule is O=C(CCN1C(=O)[C@H]2[C@@H]3C[C@@H]([C@H](Br)[C@@H]3Br)[C@@H]2C1=O)OCC(=O)c1ccccc1. The Kier molecular flexibility index (Phi) is 5.44. The second kappa shape index (κ2) is 7.71. The first-order chi connectivity index (χ1) is 13.4. The van der Waals surface area contributed by atoms with E-state index in [-0.39, 0.29) is 70.5 Å². The molecule has 2 aliphatic carbocycles. The normalized spacial score (nSPS) is 33.3. The van der Waals surface area contributed by atoms with E-state index in [1.165, 1.54) is 4.90 Å². The van der Waals surface area contributed by atoms with Crippen LogP contribution in [0.2, 0.25) is 0 Å². The maximum absolute atomic E-state index is 12.8. The summed E-state index contributed by atoms with van der Waals surface area (Å²) < 4.78 is 5.02. The van der Waals surface area contributed by atoms with Gasteiger partial charge in [0.15, 0.2) is 12.4 Å². The third kappa shape index (κ3) is 3.24. The Labute approximate surface area is 179 Å². The lowest BCUT2D eigenvalue weighted by Gasteiger charge is -2.28. The van der Waals surface area contributed by atoms with Gasteiger partial charge in [-0.15, -0.1) is 0 Å². The van der Waals surface area contributed by atoms with Crippen LogP contribution in [0.25, 0.3) is 0 Å². The lowest BCUT2D eigenvalue weighted by Crippen LogP contribution is -2.37. The number of Topliss-reactive ketones (excluding diaryl/α,β-unsaturated/α-hetero) is 1. The van der Waals surface area contributed by atoms with Crippen molar-refractivity contribution < 1.29 is 23.9 Å². The van der Waals surface area contributed by atoms with Crippen LogP contribution in [0.4, 0.5) is 0 Å². The third-order valence-electron chi connectivity index (χ3n) is 6.08. The number of esters is 1. The number of rotatable bonds is 6. The minimum absolute atomic E-state index is 0.00235. The molecule has 1 aliphatic heterocycles.